The molecule has 0 aromatic heterocycles. The first-order valence-corrected chi connectivity index (χ1v) is 12.4. The Morgan fingerprint density at radius 3 is 2.17 bits per heavy atom. The Balaban J connectivity index is 1.29. The third kappa shape index (κ3) is 6.12. The Morgan fingerprint density at radius 1 is 0.972 bits per heavy atom. The van der Waals surface area contributed by atoms with Crippen molar-refractivity contribution in [1.82, 2.24) is 0 Å². The zero-order valence-electron chi connectivity index (χ0n) is 20.3. The van der Waals surface area contributed by atoms with Crippen molar-refractivity contribution >= 4 is 45.1 Å². The number of rotatable bonds is 7. The summed E-state index contributed by atoms with van der Waals surface area (Å²) in [6.07, 6.45) is 0.0349. The van der Waals surface area contributed by atoms with Crippen molar-refractivity contribution < 1.29 is 23.9 Å². The maximum absolute atomic E-state index is 12.6. The van der Waals surface area contributed by atoms with Crippen LogP contribution in [0.1, 0.15) is 23.1 Å². The number of amides is 2. The van der Waals surface area contributed by atoms with Crippen LogP contribution in [0.3, 0.4) is 0 Å². The van der Waals surface area contributed by atoms with Crippen molar-refractivity contribution in [2.75, 3.05) is 23.4 Å². The maximum Gasteiger partial charge on any atom is 0.311 e. The van der Waals surface area contributed by atoms with Crippen LogP contribution in [-0.4, -0.2) is 30.9 Å². The average Bonchev–Trinajstić information content (AvgIpc) is 3.24. The zero-order valence-corrected chi connectivity index (χ0v) is 21.9. The molecule has 3 aromatic rings. The number of hydrogen-bond acceptors (Lipinski definition) is 5. The molecule has 1 saturated heterocycles. The molecule has 36 heavy (non-hydrogen) atoms. The highest BCUT2D eigenvalue weighted by atomic mass is 79.9. The van der Waals surface area contributed by atoms with Gasteiger partial charge in [-0.1, -0.05) is 33.6 Å². The van der Waals surface area contributed by atoms with Gasteiger partial charge in [0.15, 0.2) is 6.61 Å². The second-order valence-electron chi connectivity index (χ2n) is 8.89. The average molecular weight is 551 g/mol. The first-order chi connectivity index (χ1) is 17.2. The van der Waals surface area contributed by atoms with Crippen LogP contribution < -0.4 is 15.0 Å². The lowest BCUT2D eigenvalue weighted by Crippen LogP contribution is -2.28. The normalized spacial score (nSPS) is 15.1. The number of anilines is 2. The first-order valence-electron chi connectivity index (χ1n) is 11.6. The lowest BCUT2D eigenvalue weighted by Gasteiger charge is -2.17. The van der Waals surface area contributed by atoms with Crippen LogP contribution in [0.2, 0.25) is 0 Å². The molecule has 1 aliphatic rings. The third-order valence-electron chi connectivity index (χ3n) is 5.93. The van der Waals surface area contributed by atoms with Gasteiger partial charge < -0.3 is 19.7 Å². The van der Waals surface area contributed by atoms with Crippen LogP contribution in [-0.2, 0) is 19.1 Å². The summed E-state index contributed by atoms with van der Waals surface area (Å²) in [5, 5.41) is 2.74. The van der Waals surface area contributed by atoms with E-state index in [1.807, 2.05) is 57.2 Å². The second-order valence-corrected chi connectivity index (χ2v) is 9.69. The number of nitrogens with one attached hydrogen (secondary N) is 1. The minimum atomic E-state index is -0.633. The van der Waals surface area contributed by atoms with Gasteiger partial charge >= 0.3 is 5.97 Å². The van der Waals surface area contributed by atoms with Gasteiger partial charge in [0.2, 0.25) is 5.91 Å². The zero-order chi connectivity index (χ0) is 25.8. The quantitative estimate of drug-likeness (QED) is 0.381. The van der Waals surface area contributed by atoms with E-state index < -0.39 is 24.4 Å². The summed E-state index contributed by atoms with van der Waals surface area (Å²) in [5.74, 6) is -0.436. The molecule has 1 heterocycles. The SMILES string of the molecule is Cc1ccc(Oc2ccc(N3C[C@H](C(=O)OCC(=O)Nc4cc(C)c(Br)c(C)c4)CC3=O)cc2)cc1. The van der Waals surface area contributed by atoms with Crippen LogP contribution in [0.5, 0.6) is 11.5 Å². The molecule has 1 aliphatic heterocycles. The summed E-state index contributed by atoms with van der Waals surface area (Å²) in [6.45, 7) is 5.65. The molecule has 0 saturated carbocycles. The number of benzene rings is 3. The van der Waals surface area contributed by atoms with Gasteiger partial charge in [-0.2, -0.15) is 0 Å². The fourth-order valence-electron chi connectivity index (χ4n) is 4.02. The van der Waals surface area contributed by atoms with Gasteiger partial charge in [-0.05, 0) is 80.4 Å². The minimum Gasteiger partial charge on any atom is -0.457 e. The predicted molar refractivity (Wildman–Crippen MR) is 141 cm³/mol. The lowest BCUT2D eigenvalue weighted by molar-refractivity contribution is -0.151. The molecule has 0 radical (unpaired) electrons. The van der Waals surface area contributed by atoms with E-state index in [1.54, 1.807) is 29.2 Å². The highest BCUT2D eigenvalue weighted by Gasteiger charge is 2.36. The topological polar surface area (TPSA) is 84.9 Å². The highest BCUT2D eigenvalue weighted by molar-refractivity contribution is 9.10. The van der Waals surface area contributed by atoms with Gasteiger partial charge in [0, 0.05) is 28.8 Å². The molecule has 1 fully saturated rings. The molecule has 8 heteroatoms. The van der Waals surface area contributed by atoms with E-state index in [0.29, 0.717) is 17.1 Å². The molecule has 7 nitrogen and oxygen atoms in total. The molecular weight excluding hydrogens is 524 g/mol. The van der Waals surface area contributed by atoms with Crippen molar-refractivity contribution in [2.45, 2.75) is 27.2 Å². The van der Waals surface area contributed by atoms with E-state index in [0.717, 1.165) is 26.9 Å². The molecule has 0 bridgehead atoms. The smallest absolute Gasteiger partial charge is 0.311 e. The van der Waals surface area contributed by atoms with Crippen molar-refractivity contribution in [3.63, 3.8) is 0 Å². The van der Waals surface area contributed by atoms with E-state index in [9.17, 15) is 14.4 Å². The number of aryl methyl sites for hydroxylation is 3. The van der Waals surface area contributed by atoms with Gasteiger partial charge in [0.25, 0.3) is 5.91 Å². The van der Waals surface area contributed by atoms with Crippen molar-refractivity contribution in [2.24, 2.45) is 5.92 Å². The number of hydrogen-bond donors (Lipinski definition) is 1. The van der Waals surface area contributed by atoms with E-state index in [-0.39, 0.29) is 18.9 Å². The number of halogens is 1. The number of carbonyl (C=O) groups is 3. The van der Waals surface area contributed by atoms with E-state index in [4.69, 9.17) is 9.47 Å². The summed E-state index contributed by atoms with van der Waals surface area (Å²) in [4.78, 5) is 39.0. The summed E-state index contributed by atoms with van der Waals surface area (Å²) < 4.78 is 12.0. The van der Waals surface area contributed by atoms with Gasteiger partial charge in [0.1, 0.15) is 11.5 Å². The fourth-order valence-corrected chi connectivity index (χ4v) is 4.25. The molecule has 4 rings (SSSR count). The van der Waals surface area contributed by atoms with Gasteiger partial charge in [-0.25, -0.2) is 0 Å². The van der Waals surface area contributed by atoms with E-state index in [1.165, 1.54) is 0 Å². The Kier molecular flexibility index (Phi) is 7.74. The molecule has 0 unspecified atom stereocenters. The molecule has 1 atom stereocenters. The molecule has 1 N–H and O–H groups in total. The highest BCUT2D eigenvalue weighted by Crippen LogP contribution is 2.29. The van der Waals surface area contributed by atoms with Gasteiger partial charge in [-0.15, -0.1) is 0 Å². The summed E-state index contributed by atoms with van der Waals surface area (Å²) in [7, 11) is 0. The van der Waals surface area contributed by atoms with E-state index >= 15 is 0 Å². The molecule has 186 valence electrons. The van der Waals surface area contributed by atoms with Crippen molar-refractivity contribution in [3.8, 4) is 11.5 Å². The van der Waals surface area contributed by atoms with E-state index in [2.05, 4.69) is 21.2 Å². The van der Waals surface area contributed by atoms with Gasteiger partial charge in [-0.3, -0.25) is 14.4 Å². The number of nitrogens with zero attached hydrogens (tertiary/aromatic N) is 1. The van der Waals surface area contributed by atoms with Crippen LogP contribution in [0.25, 0.3) is 0 Å². The van der Waals surface area contributed by atoms with Crippen LogP contribution in [0.4, 0.5) is 11.4 Å². The summed E-state index contributed by atoms with van der Waals surface area (Å²) in [5.41, 5.74) is 4.42. The van der Waals surface area contributed by atoms with Crippen LogP contribution in [0.15, 0.2) is 65.1 Å². The summed E-state index contributed by atoms with van der Waals surface area (Å²) >= 11 is 3.49. The Morgan fingerprint density at radius 2 is 1.56 bits per heavy atom. The minimum absolute atomic E-state index is 0.0349. The maximum atomic E-state index is 12.6. The van der Waals surface area contributed by atoms with Crippen molar-refractivity contribution in [1.29, 1.82) is 0 Å². The molecule has 0 aliphatic carbocycles. The first kappa shape index (κ1) is 25.4. The lowest BCUT2D eigenvalue weighted by atomic mass is 10.1. The number of ether oxygens (including phenoxy) is 2. The fraction of sp³-hybridized carbons (Fsp3) is 0.250. The molecule has 0 spiro atoms. The predicted octanol–water partition coefficient (Wildman–Crippen LogP) is 5.70. The molecule has 3 aromatic carbocycles. The van der Waals surface area contributed by atoms with Crippen molar-refractivity contribution in [3.05, 3.63) is 81.8 Å². The van der Waals surface area contributed by atoms with Crippen LogP contribution in [0, 0.1) is 26.7 Å². The monoisotopic (exact) mass is 550 g/mol. The Hall–Kier alpha value is -3.65. The largest absolute Gasteiger partial charge is 0.457 e. The second kappa shape index (κ2) is 11.0. The van der Waals surface area contributed by atoms with Gasteiger partial charge in [0.05, 0.1) is 5.92 Å². The third-order valence-corrected chi connectivity index (χ3v) is 7.18. The number of carbonyl (C=O) groups excluding carboxylic acids is 3. The molecular formula is C28H27BrN2O5. The Labute approximate surface area is 218 Å². The number of esters is 1. The summed E-state index contributed by atoms with van der Waals surface area (Å²) in [6, 6.07) is 18.5. The standard InChI is InChI=1S/C28H27BrN2O5/c1-17-4-8-23(9-5-17)36-24-10-6-22(7-11-24)31-15-20(14-26(31)33)28(34)35-16-25(32)30-21-12-18(2)27(29)19(3)13-21/h4-13,20H,14-16H2,1-3H3,(H,30,32)/t20-/m1/s1. The molecule has 2 amide bonds. The Bertz CT molecular complexity index is 1270. The van der Waals surface area contributed by atoms with Crippen LogP contribution >= 0.6 is 15.9 Å².